The van der Waals surface area contributed by atoms with Crippen molar-refractivity contribution in [1.82, 2.24) is 34.3 Å². The second kappa shape index (κ2) is 44.3. The van der Waals surface area contributed by atoms with Gasteiger partial charge in [-0.3, -0.25) is 9.80 Å². The van der Waals surface area contributed by atoms with Gasteiger partial charge in [0.1, 0.15) is 17.1 Å². The summed E-state index contributed by atoms with van der Waals surface area (Å²) in [6.45, 7) is 29.3. The number of carboxylic acids is 1. The van der Waals surface area contributed by atoms with E-state index in [2.05, 4.69) is 187 Å². The number of piperidine rings is 16. The van der Waals surface area contributed by atoms with Gasteiger partial charge < -0.3 is 69.7 Å². The van der Waals surface area contributed by atoms with Gasteiger partial charge in [0.25, 0.3) is 0 Å². The van der Waals surface area contributed by atoms with Crippen LogP contribution in [0, 0.1) is 66.1 Å². The van der Waals surface area contributed by atoms with Crippen LogP contribution in [0.5, 0.6) is 11.5 Å². The Balaban J connectivity index is 0.000000145. The number of rotatable bonds is 27. The van der Waals surface area contributed by atoms with E-state index in [0.29, 0.717) is 66.6 Å². The Bertz CT molecular complexity index is 4980. The summed E-state index contributed by atoms with van der Waals surface area (Å²) >= 11 is 0. The quantitative estimate of drug-likeness (QED) is 0.0256. The average Bonchev–Trinajstić information content (AvgIpc) is 0.800. The largest absolute Gasteiger partial charge is 0.507 e. The summed E-state index contributed by atoms with van der Waals surface area (Å²) < 4.78 is 10.9. The van der Waals surface area contributed by atoms with Crippen molar-refractivity contribution < 1.29 is 55.7 Å². The van der Waals surface area contributed by atoms with E-state index in [1.165, 1.54) is 182 Å². The van der Waals surface area contributed by atoms with Gasteiger partial charge in [-0.2, -0.15) is 0 Å². The Kier molecular flexibility index (Phi) is 32.1. The molecule has 0 aromatic heterocycles. The maximum atomic E-state index is 12.1. The van der Waals surface area contributed by atoms with Gasteiger partial charge >= 0.3 is 5.97 Å². The van der Waals surface area contributed by atoms with Gasteiger partial charge in [-0.05, 0) is 329 Å². The first-order chi connectivity index (χ1) is 64.7. The van der Waals surface area contributed by atoms with E-state index >= 15 is 0 Å². The van der Waals surface area contributed by atoms with E-state index < -0.39 is 34.0 Å². The smallest absolute Gasteiger partial charge is 0.339 e. The van der Waals surface area contributed by atoms with Gasteiger partial charge in [0.2, 0.25) is 0 Å². The van der Waals surface area contributed by atoms with Crippen molar-refractivity contribution in [3.05, 3.63) is 309 Å². The van der Waals surface area contributed by atoms with E-state index in [-0.39, 0.29) is 28.9 Å². The molecule has 17 fully saturated rings. The standard InChI is InChI=1S/C28H38N2O.C27H36N2O2.C23H27NO4.C22H27NO2.C16H23NO.4H2/c31-28(26-7-3-1-4-8-26,27-22-30-19-14-25(27)15-20-30)16-13-23-9-11-24(12-10-23)21-29-17-5-2-6-18-29;30-27(25-4-2-1-3-5-25,26-21-28-14-11-24(26)12-15-28)13-10-22-6-8-23(9-7-22)20-29-16-18-31-19-17-29;25-21-14-16(6-7-19(21)22(26)27)8-11-23(28,18-4-2-1-3-5-18)20-15-24-12-9-17(20)10-13-24;1-25-20-9-5-8-19(14-20)22(24,15-17-6-3-2-4-7-17)21-16-23-12-10-18(21)11-13-23;1-12-5-3-4-6-14(12)16(2,18)15-11-17-9-7-13(15)8-10-17;;;;/h1,3-4,7-12,25,27,31H,2,5-6,13-22H2;1-9,24,26,30H,10-21H2;1-7,14,17,20,25,28H,8-13,15H2,(H,26,27);2-9,14,18,21,24H,10-13,15-16H2,1H3;3-6,13,15,18H,7-11H2,1-2H3;4*1H. The maximum Gasteiger partial charge on any atom is 0.339 e. The number of hydrogen-bond donors (Lipinski definition) is 7. The van der Waals surface area contributed by atoms with Gasteiger partial charge in [0.15, 0.2) is 0 Å². The predicted octanol–water partition coefficient (Wildman–Crippen LogP) is 18.8. The monoisotopic (exact) mass is 1810 g/mol. The number of morpholine rings is 1. The molecule has 9 aromatic carbocycles. The lowest BCUT2D eigenvalue weighted by molar-refractivity contribution is -0.106. The minimum absolute atomic E-state index is 0. The number of benzene rings is 9. The third kappa shape index (κ3) is 23.2. The highest BCUT2D eigenvalue weighted by Crippen LogP contribution is 2.52. The van der Waals surface area contributed by atoms with Gasteiger partial charge in [0.05, 0.1) is 48.3 Å². The van der Waals surface area contributed by atoms with Crippen LogP contribution in [-0.4, -0.2) is 221 Å². The molecule has 7 N–H and O–H groups in total. The van der Waals surface area contributed by atoms with Crippen LogP contribution in [0.25, 0.3) is 0 Å². The highest BCUT2D eigenvalue weighted by atomic mass is 16.5. The number of fused-ring (bicyclic) bond motifs is 15. The molecule has 10 bridgehead atoms. The summed E-state index contributed by atoms with van der Waals surface area (Å²) in [6.07, 6.45) is 21.4. The third-order valence-corrected chi connectivity index (χ3v) is 33.9. The zero-order valence-corrected chi connectivity index (χ0v) is 79.7. The molecule has 0 amide bonds. The zero-order chi connectivity index (χ0) is 91.9. The molecule has 10 unspecified atom stereocenters. The highest BCUT2D eigenvalue weighted by molar-refractivity contribution is 5.90. The van der Waals surface area contributed by atoms with Gasteiger partial charge in [-0.25, -0.2) is 4.79 Å². The molecule has 17 nitrogen and oxygen atoms in total. The van der Waals surface area contributed by atoms with Crippen LogP contribution in [-0.2, 0) is 71.5 Å². The lowest BCUT2D eigenvalue weighted by atomic mass is 9.66. The van der Waals surface area contributed by atoms with Crippen molar-refractivity contribution >= 4 is 5.97 Å². The summed E-state index contributed by atoms with van der Waals surface area (Å²) in [4.78, 5) is 28.7. The number of carbonyl (C=O) groups is 1. The molecular formula is C116H159N7O10. The number of likely N-dealkylation sites (tertiary alicyclic amines) is 1. The van der Waals surface area contributed by atoms with Gasteiger partial charge in [-0.1, -0.05) is 219 Å². The minimum Gasteiger partial charge on any atom is -0.507 e. The Morgan fingerprint density at radius 2 is 0.714 bits per heavy atom. The van der Waals surface area contributed by atoms with E-state index in [0.717, 1.165) is 163 Å². The van der Waals surface area contributed by atoms with Crippen molar-refractivity contribution in [2.45, 2.75) is 183 Å². The number of aromatic hydroxyl groups is 1. The fourth-order valence-corrected chi connectivity index (χ4v) is 26.0. The molecule has 17 heteroatoms. The molecule has 10 atom stereocenters. The fraction of sp³-hybridized carbons (Fsp3) is 0.526. The number of methoxy groups -OCH3 is 1. The minimum atomic E-state index is -1.14. The Labute approximate surface area is 799 Å². The average molecular weight is 1810 g/mol. The first-order valence-electron chi connectivity index (χ1n) is 51.0. The molecule has 133 heavy (non-hydrogen) atoms. The number of aliphatic hydroxyl groups is 5. The number of nitrogens with zero attached hydrogens (tertiary/aromatic N) is 7. The van der Waals surface area contributed by atoms with Crippen molar-refractivity contribution in [1.29, 1.82) is 0 Å². The normalized spacial score (nSPS) is 28.5. The molecule has 0 spiro atoms. The van der Waals surface area contributed by atoms with Crippen LogP contribution in [0.2, 0.25) is 0 Å². The first-order valence-corrected chi connectivity index (χ1v) is 51.0. The van der Waals surface area contributed by atoms with Crippen LogP contribution < -0.4 is 4.74 Å². The van der Waals surface area contributed by atoms with Crippen LogP contribution in [0.1, 0.15) is 192 Å². The van der Waals surface area contributed by atoms with Crippen molar-refractivity contribution in [3.63, 3.8) is 0 Å². The van der Waals surface area contributed by atoms with Crippen LogP contribution in [0.4, 0.5) is 0 Å². The molecule has 17 aliphatic rings. The number of carboxylic acid groups (broad SMARTS) is 1. The predicted molar refractivity (Wildman–Crippen MR) is 539 cm³/mol. The van der Waals surface area contributed by atoms with Crippen molar-refractivity contribution in [2.75, 3.05) is 145 Å². The molecular weight excluding hydrogens is 1650 g/mol. The number of hydrogen-bond acceptors (Lipinski definition) is 16. The number of phenols is 1. The van der Waals surface area contributed by atoms with Crippen LogP contribution in [0.3, 0.4) is 0 Å². The van der Waals surface area contributed by atoms with E-state index in [1.807, 2.05) is 79.7 Å². The third-order valence-electron chi connectivity index (χ3n) is 33.9. The van der Waals surface area contributed by atoms with Crippen LogP contribution >= 0.6 is 0 Å². The number of aromatic carboxylic acids is 1. The van der Waals surface area contributed by atoms with Crippen molar-refractivity contribution in [3.8, 4) is 11.5 Å². The highest BCUT2D eigenvalue weighted by Gasteiger charge is 2.53. The first kappa shape index (κ1) is 96.2. The number of ether oxygens (including phenoxy) is 2. The van der Waals surface area contributed by atoms with Gasteiger partial charge in [-0.15, -0.1) is 0 Å². The Morgan fingerprint density at radius 1 is 0.368 bits per heavy atom. The lowest BCUT2D eigenvalue weighted by Crippen LogP contribution is -2.55. The van der Waals surface area contributed by atoms with Gasteiger partial charge in [0, 0.05) is 101 Å². The summed E-state index contributed by atoms with van der Waals surface area (Å²) in [5, 5.41) is 78.4. The molecule has 9 aromatic rings. The molecule has 0 saturated carbocycles. The molecule has 718 valence electrons. The van der Waals surface area contributed by atoms with Crippen molar-refractivity contribution in [2.24, 2.45) is 59.2 Å². The molecule has 17 heterocycles. The Morgan fingerprint density at radius 3 is 1.09 bits per heavy atom. The SMILES string of the molecule is COc1cccc(C(O)(Cc2ccccc2)C2CN3CCC2CC3)c1.Cc1ccccc1C(C)(O)C1CN2CCC1CC2.O=C(O)c1ccc(CCC(O)(c2ccccc2)C2CN3CCC2CC3)cc1O.OC(CCc1ccc(CN2CCCCC2)cc1)(c1ccccc1)C1CN2CCC1CC2.OC(CCc1ccc(CN2CCOCC2)cc1)(c1ccccc1)C1CN2CCC1CC2.[HH].[HH].[HH].[HH]. The fourth-order valence-electron chi connectivity index (χ4n) is 26.0. The zero-order valence-electron chi connectivity index (χ0n) is 79.7. The van der Waals surface area contributed by atoms with E-state index in [4.69, 9.17) is 14.6 Å². The van der Waals surface area contributed by atoms with E-state index in [1.54, 1.807) is 13.2 Å². The van der Waals surface area contributed by atoms with E-state index in [9.17, 15) is 35.4 Å². The molecule has 26 rings (SSSR count). The summed E-state index contributed by atoms with van der Waals surface area (Å²) in [6, 6.07) is 80.4. The molecule has 17 aliphatic heterocycles. The number of aryl methyl sites for hydroxylation is 4. The summed E-state index contributed by atoms with van der Waals surface area (Å²) in [7, 11) is 1.68. The second-order valence-electron chi connectivity index (χ2n) is 41.9. The molecule has 0 aliphatic carbocycles. The lowest BCUT2D eigenvalue weighted by Gasteiger charge is -2.51. The molecule has 17 saturated heterocycles. The summed E-state index contributed by atoms with van der Waals surface area (Å²) in [5.74, 6) is 4.08. The van der Waals surface area contributed by atoms with Crippen LogP contribution in [0.15, 0.2) is 237 Å². The Hall–Kier alpha value is -8.47. The maximum absolute atomic E-state index is 12.1. The second-order valence-corrected chi connectivity index (χ2v) is 41.9. The molecule has 0 radical (unpaired) electrons. The topological polar surface area (TPSA) is 200 Å². The summed E-state index contributed by atoms with van der Waals surface area (Å²) in [5.41, 5.74) is 9.84.